The van der Waals surface area contributed by atoms with Crippen molar-refractivity contribution in [3.63, 3.8) is 0 Å². The van der Waals surface area contributed by atoms with Crippen LogP contribution in [-0.4, -0.2) is 40.4 Å². The molecule has 2 atom stereocenters. The number of rotatable bonds is 5. The average molecular weight is 330 g/mol. The van der Waals surface area contributed by atoms with Crippen LogP contribution in [0, 0.1) is 5.92 Å². The molecule has 2 aliphatic rings. The summed E-state index contributed by atoms with van der Waals surface area (Å²) in [5.41, 5.74) is 0.523. The molecule has 0 bridgehead atoms. The summed E-state index contributed by atoms with van der Waals surface area (Å²) in [4.78, 5) is 38.0. The molecule has 2 fully saturated rings. The summed E-state index contributed by atoms with van der Waals surface area (Å²) in [5, 5.41) is 12.0. The first kappa shape index (κ1) is 16.5. The molecule has 1 saturated carbocycles. The number of carbonyl (C=O) groups excluding carboxylic acids is 2. The number of benzene rings is 1. The Morgan fingerprint density at radius 1 is 1.17 bits per heavy atom. The number of aliphatic carboxylic acids is 1. The van der Waals surface area contributed by atoms with Crippen LogP contribution in [0.25, 0.3) is 0 Å². The van der Waals surface area contributed by atoms with E-state index in [1.165, 1.54) is 0 Å². The third kappa shape index (κ3) is 3.42. The van der Waals surface area contributed by atoms with Crippen LogP contribution in [0.3, 0.4) is 0 Å². The van der Waals surface area contributed by atoms with Crippen LogP contribution in [0.1, 0.15) is 43.7 Å². The van der Waals surface area contributed by atoms with Gasteiger partial charge in [-0.3, -0.25) is 9.59 Å². The second kappa shape index (κ2) is 7.03. The molecule has 0 radical (unpaired) electrons. The van der Waals surface area contributed by atoms with Crippen molar-refractivity contribution < 1.29 is 19.5 Å². The van der Waals surface area contributed by atoms with E-state index in [-0.39, 0.29) is 24.3 Å². The Morgan fingerprint density at radius 3 is 2.46 bits per heavy atom. The zero-order valence-electron chi connectivity index (χ0n) is 13.5. The Hall–Kier alpha value is -2.37. The summed E-state index contributed by atoms with van der Waals surface area (Å²) < 4.78 is 0. The molecule has 1 aromatic rings. The van der Waals surface area contributed by atoms with E-state index in [0.717, 1.165) is 25.7 Å². The predicted octanol–water partition coefficient (Wildman–Crippen LogP) is 1.72. The van der Waals surface area contributed by atoms with E-state index >= 15 is 0 Å². The quantitative estimate of drug-likeness (QED) is 0.860. The van der Waals surface area contributed by atoms with E-state index in [0.29, 0.717) is 12.1 Å². The first-order valence-electron chi connectivity index (χ1n) is 8.44. The van der Waals surface area contributed by atoms with Crippen molar-refractivity contribution in [1.82, 2.24) is 10.2 Å². The summed E-state index contributed by atoms with van der Waals surface area (Å²) in [7, 11) is 0. The highest BCUT2D eigenvalue weighted by Gasteiger charge is 2.39. The second-order valence-electron chi connectivity index (χ2n) is 6.58. The highest BCUT2D eigenvalue weighted by Crippen LogP contribution is 2.29. The smallest absolute Gasteiger partial charge is 0.330 e. The van der Waals surface area contributed by atoms with Crippen LogP contribution in [0.5, 0.6) is 0 Å². The molecular weight excluding hydrogens is 308 g/mol. The fraction of sp³-hybridized carbons (Fsp3) is 0.500. The molecule has 1 heterocycles. The van der Waals surface area contributed by atoms with Crippen molar-refractivity contribution in [3.8, 4) is 0 Å². The predicted molar refractivity (Wildman–Crippen MR) is 87.0 cm³/mol. The van der Waals surface area contributed by atoms with Crippen LogP contribution in [0.15, 0.2) is 30.3 Å². The average Bonchev–Trinajstić information content (AvgIpc) is 3.22. The largest absolute Gasteiger partial charge is 0.479 e. The van der Waals surface area contributed by atoms with Crippen LogP contribution in [-0.2, 0) is 14.4 Å². The lowest BCUT2D eigenvalue weighted by Gasteiger charge is -2.24. The Bertz CT molecular complexity index is 625. The highest BCUT2D eigenvalue weighted by atomic mass is 16.4. The van der Waals surface area contributed by atoms with Crippen molar-refractivity contribution in [2.24, 2.45) is 5.92 Å². The molecule has 0 spiro atoms. The number of hydrogen-bond acceptors (Lipinski definition) is 3. The molecule has 0 aromatic heterocycles. The minimum absolute atomic E-state index is 0.00800. The Kier molecular flexibility index (Phi) is 4.83. The highest BCUT2D eigenvalue weighted by molar-refractivity contribution is 5.91. The number of carboxylic acid groups (broad SMARTS) is 1. The zero-order chi connectivity index (χ0) is 17.1. The van der Waals surface area contributed by atoms with Gasteiger partial charge in [-0.05, 0) is 18.4 Å². The summed E-state index contributed by atoms with van der Waals surface area (Å²) in [6, 6.07) is 7.76. The molecule has 6 nitrogen and oxygen atoms in total. The van der Waals surface area contributed by atoms with Gasteiger partial charge in [0.05, 0.1) is 5.92 Å². The van der Waals surface area contributed by atoms with E-state index < -0.39 is 17.9 Å². The van der Waals surface area contributed by atoms with Gasteiger partial charge in [-0.2, -0.15) is 0 Å². The molecule has 2 unspecified atom stereocenters. The number of nitrogens with zero attached hydrogens (tertiary/aromatic N) is 1. The molecule has 3 rings (SSSR count). The molecule has 1 saturated heterocycles. The first-order valence-corrected chi connectivity index (χ1v) is 8.44. The maximum atomic E-state index is 12.5. The number of hydrogen-bond donors (Lipinski definition) is 2. The lowest BCUT2D eigenvalue weighted by molar-refractivity contribution is -0.142. The summed E-state index contributed by atoms with van der Waals surface area (Å²) >= 11 is 0. The van der Waals surface area contributed by atoms with E-state index in [1.54, 1.807) is 30.3 Å². The molecular formula is C18H22N2O4. The number of likely N-dealkylation sites (tertiary alicyclic amines) is 1. The summed E-state index contributed by atoms with van der Waals surface area (Å²) in [6.45, 7) is 0.399. The maximum absolute atomic E-state index is 12.5. The van der Waals surface area contributed by atoms with Gasteiger partial charge < -0.3 is 15.3 Å². The van der Waals surface area contributed by atoms with Gasteiger partial charge in [-0.25, -0.2) is 4.79 Å². The fourth-order valence-corrected chi connectivity index (χ4v) is 3.67. The number of amides is 2. The number of carbonyl (C=O) groups is 3. The van der Waals surface area contributed by atoms with E-state index in [2.05, 4.69) is 5.32 Å². The molecule has 6 heteroatoms. The van der Waals surface area contributed by atoms with E-state index in [9.17, 15) is 19.5 Å². The third-order valence-corrected chi connectivity index (χ3v) is 4.96. The first-order chi connectivity index (χ1) is 11.6. The van der Waals surface area contributed by atoms with Gasteiger partial charge in [0.2, 0.25) is 11.8 Å². The van der Waals surface area contributed by atoms with Crippen LogP contribution >= 0.6 is 0 Å². The van der Waals surface area contributed by atoms with Gasteiger partial charge in [-0.1, -0.05) is 43.2 Å². The lowest BCUT2D eigenvalue weighted by atomic mass is 10.0. The maximum Gasteiger partial charge on any atom is 0.330 e. The Morgan fingerprint density at radius 2 is 1.83 bits per heavy atom. The van der Waals surface area contributed by atoms with Gasteiger partial charge in [0.15, 0.2) is 6.04 Å². The molecule has 1 aliphatic heterocycles. The SMILES string of the molecule is O=C(NC(C(=O)O)c1ccccc1)C1CC(=O)N(C2CCCC2)C1. The Balaban J connectivity index is 1.65. The van der Waals surface area contributed by atoms with E-state index in [1.807, 2.05) is 4.90 Å². The molecule has 2 N–H and O–H groups in total. The van der Waals surface area contributed by atoms with E-state index in [4.69, 9.17) is 0 Å². The van der Waals surface area contributed by atoms with Gasteiger partial charge in [0.1, 0.15) is 0 Å². The van der Waals surface area contributed by atoms with Crippen molar-refractivity contribution in [2.75, 3.05) is 6.54 Å². The lowest BCUT2D eigenvalue weighted by Crippen LogP contribution is -2.40. The van der Waals surface area contributed by atoms with Crippen LogP contribution in [0.4, 0.5) is 0 Å². The van der Waals surface area contributed by atoms with Gasteiger partial charge in [0.25, 0.3) is 0 Å². The van der Waals surface area contributed by atoms with Gasteiger partial charge >= 0.3 is 5.97 Å². The van der Waals surface area contributed by atoms with Gasteiger partial charge in [-0.15, -0.1) is 0 Å². The normalized spacial score (nSPS) is 22.6. The summed E-state index contributed by atoms with van der Waals surface area (Å²) in [6.07, 6.45) is 4.42. The number of carboxylic acids is 1. The summed E-state index contributed by atoms with van der Waals surface area (Å²) in [5.74, 6) is -1.93. The fourth-order valence-electron chi connectivity index (χ4n) is 3.67. The van der Waals surface area contributed by atoms with Crippen LogP contribution in [0.2, 0.25) is 0 Å². The zero-order valence-corrected chi connectivity index (χ0v) is 13.5. The number of nitrogens with one attached hydrogen (secondary N) is 1. The Labute approximate surface area is 140 Å². The second-order valence-corrected chi connectivity index (χ2v) is 6.58. The molecule has 1 aliphatic carbocycles. The monoisotopic (exact) mass is 330 g/mol. The van der Waals surface area contributed by atoms with Crippen molar-refractivity contribution in [2.45, 2.75) is 44.2 Å². The minimum atomic E-state index is -1.11. The van der Waals surface area contributed by atoms with Crippen molar-refractivity contribution in [1.29, 1.82) is 0 Å². The van der Waals surface area contributed by atoms with Crippen molar-refractivity contribution >= 4 is 17.8 Å². The minimum Gasteiger partial charge on any atom is -0.479 e. The molecule has 2 amide bonds. The third-order valence-electron chi connectivity index (χ3n) is 4.96. The topological polar surface area (TPSA) is 86.7 Å². The molecule has 128 valence electrons. The molecule has 1 aromatic carbocycles. The van der Waals surface area contributed by atoms with Crippen molar-refractivity contribution in [3.05, 3.63) is 35.9 Å². The standard InChI is InChI=1S/C18H22N2O4/c21-15-10-13(11-20(15)14-8-4-5-9-14)17(22)19-16(18(23)24)12-6-2-1-3-7-12/h1-3,6-7,13-14,16H,4-5,8-11H2,(H,19,22)(H,23,24). The van der Waals surface area contributed by atoms with Gasteiger partial charge in [0, 0.05) is 19.0 Å². The van der Waals surface area contributed by atoms with Crippen LogP contribution < -0.4 is 5.32 Å². The molecule has 24 heavy (non-hydrogen) atoms.